The molecular formula is C54H41N3O5. The van der Waals surface area contributed by atoms with E-state index in [2.05, 4.69) is 76.6 Å². The summed E-state index contributed by atoms with van der Waals surface area (Å²) in [7, 11) is 0. The smallest absolute Gasteiger partial charge is 0.338 e. The highest BCUT2D eigenvalue weighted by atomic mass is 16.6. The maximum absolute atomic E-state index is 13.3. The third kappa shape index (κ3) is 8.27. The maximum atomic E-state index is 13.3. The molecule has 302 valence electrons. The normalized spacial score (nSPS) is 15.8. The monoisotopic (exact) mass is 811 g/mol. The second-order valence-electron chi connectivity index (χ2n) is 15.2. The first-order chi connectivity index (χ1) is 30.2. The summed E-state index contributed by atoms with van der Waals surface area (Å²) in [5.41, 5.74) is 9.72. The summed E-state index contributed by atoms with van der Waals surface area (Å²) in [5, 5.41) is 8.98. The molecule has 3 atom stereocenters. The summed E-state index contributed by atoms with van der Waals surface area (Å²) < 4.78 is 19.7. The molecule has 7 aromatic rings. The molecule has 0 saturated carbocycles. The zero-order valence-corrected chi connectivity index (χ0v) is 34.2. The molecule has 1 saturated heterocycles. The molecule has 0 aliphatic carbocycles. The molecule has 0 unspecified atom stereocenters. The zero-order valence-electron chi connectivity index (χ0n) is 34.2. The third-order valence-electron chi connectivity index (χ3n) is 11.3. The molecule has 1 aliphatic rings. The number of esters is 2. The van der Waals surface area contributed by atoms with Gasteiger partial charge < -0.3 is 14.2 Å². The van der Waals surface area contributed by atoms with Gasteiger partial charge in [-0.2, -0.15) is 0 Å². The van der Waals surface area contributed by atoms with Crippen molar-refractivity contribution < 1.29 is 23.8 Å². The van der Waals surface area contributed by atoms with Gasteiger partial charge in [-0.1, -0.05) is 119 Å². The van der Waals surface area contributed by atoms with E-state index in [1.165, 1.54) is 0 Å². The highest BCUT2D eigenvalue weighted by Gasteiger charge is 2.41. The van der Waals surface area contributed by atoms with E-state index >= 15 is 0 Å². The van der Waals surface area contributed by atoms with Gasteiger partial charge in [0, 0.05) is 28.7 Å². The van der Waals surface area contributed by atoms with Crippen LogP contribution in [0.2, 0.25) is 0 Å². The minimum Gasteiger partial charge on any atom is -0.459 e. The largest absolute Gasteiger partial charge is 0.459 e. The number of rotatable bonds is 11. The summed E-state index contributed by atoms with van der Waals surface area (Å²) in [5.74, 6) is 7.19. The van der Waals surface area contributed by atoms with Crippen LogP contribution < -0.4 is 0 Å². The Labute approximate surface area is 361 Å². The van der Waals surface area contributed by atoms with Crippen molar-refractivity contribution >= 4 is 11.9 Å². The highest BCUT2D eigenvalue weighted by Crippen LogP contribution is 2.46. The van der Waals surface area contributed by atoms with Gasteiger partial charge in [0.25, 0.3) is 0 Å². The Hall–Kier alpha value is -7.96. The van der Waals surface area contributed by atoms with Crippen molar-refractivity contribution in [1.82, 2.24) is 15.0 Å². The number of hydrogen-bond acceptors (Lipinski definition) is 7. The van der Waals surface area contributed by atoms with Crippen LogP contribution in [-0.4, -0.2) is 45.7 Å². The van der Waals surface area contributed by atoms with Crippen molar-refractivity contribution in [1.29, 1.82) is 0 Å². The molecule has 1 aliphatic heterocycles. The zero-order chi connectivity index (χ0) is 43.2. The number of hydrogen-bond donors (Lipinski definition) is 0. The van der Waals surface area contributed by atoms with Crippen LogP contribution in [0.15, 0.2) is 152 Å². The fraction of sp³-hybridized carbons (Fsp3) is 0.148. The predicted molar refractivity (Wildman–Crippen MR) is 238 cm³/mol. The SMILES string of the molecule is C#Cc1ccc(C(c2ccc(C#C)cc2)(c2ccc(C#C)cc2)c2ccc(-c3cn([C@H]4C[C@@H](OC(=O)c5ccc(C)cc5)[C@@H](COC(=O)c5ccc(C)cc5)O4)nn3)cc2)cc1. The minimum atomic E-state index is -0.801. The van der Waals surface area contributed by atoms with Gasteiger partial charge in [0.05, 0.1) is 22.7 Å². The minimum absolute atomic E-state index is 0.137. The van der Waals surface area contributed by atoms with Crippen LogP contribution in [0.4, 0.5) is 0 Å². The first kappa shape index (κ1) is 40.8. The van der Waals surface area contributed by atoms with Crippen LogP contribution in [0.25, 0.3) is 11.3 Å². The Morgan fingerprint density at radius 2 is 1.08 bits per heavy atom. The molecular weight excluding hydrogens is 771 g/mol. The van der Waals surface area contributed by atoms with E-state index in [-0.39, 0.29) is 13.0 Å². The van der Waals surface area contributed by atoms with Crippen LogP contribution in [0.5, 0.6) is 0 Å². The number of nitrogens with zero attached hydrogens (tertiary/aromatic N) is 3. The molecule has 0 bridgehead atoms. The van der Waals surface area contributed by atoms with Crippen molar-refractivity contribution in [2.24, 2.45) is 0 Å². The molecule has 8 heteroatoms. The fourth-order valence-corrected chi connectivity index (χ4v) is 7.85. The number of ether oxygens (including phenoxy) is 3. The molecule has 1 fully saturated rings. The number of terminal acetylenes is 3. The lowest BCUT2D eigenvalue weighted by Crippen LogP contribution is -2.32. The first-order valence-corrected chi connectivity index (χ1v) is 20.1. The lowest BCUT2D eigenvalue weighted by molar-refractivity contribution is -0.0604. The van der Waals surface area contributed by atoms with Crippen molar-refractivity contribution in [2.75, 3.05) is 6.61 Å². The predicted octanol–water partition coefficient (Wildman–Crippen LogP) is 9.26. The molecule has 0 amide bonds. The number of aromatic nitrogens is 3. The van der Waals surface area contributed by atoms with Crippen molar-refractivity contribution in [3.8, 4) is 48.3 Å². The molecule has 8 nitrogen and oxygen atoms in total. The second kappa shape index (κ2) is 17.7. The second-order valence-corrected chi connectivity index (χ2v) is 15.2. The summed E-state index contributed by atoms with van der Waals surface area (Å²) in [6.07, 6.45) is 17.2. The maximum Gasteiger partial charge on any atom is 0.338 e. The van der Waals surface area contributed by atoms with Gasteiger partial charge in [0.2, 0.25) is 0 Å². The van der Waals surface area contributed by atoms with Crippen LogP contribution >= 0.6 is 0 Å². The topological polar surface area (TPSA) is 92.5 Å². The van der Waals surface area contributed by atoms with Gasteiger partial charge in [-0.25, -0.2) is 14.3 Å². The van der Waals surface area contributed by atoms with Crippen LogP contribution in [0, 0.1) is 50.9 Å². The molecule has 8 rings (SSSR count). The summed E-state index contributed by atoms with van der Waals surface area (Å²) in [6, 6.07) is 46.4. The third-order valence-corrected chi connectivity index (χ3v) is 11.3. The van der Waals surface area contributed by atoms with Gasteiger partial charge in [0.1, 0.15) is 24.5 Å². The Morgan fingerprint density at radius 1 is 0.645 bits per heavy atom. The van der Waals surface area contributed by atoms with Crippen molar-refractivity contribution in [3.05, 3.63) is 213 Å². The van der Waals surface area contributed by atoms with E-state index in [9.17, 15) is 9.59 Å². The van der Waals surface area contributed by atoms with Crippen LogP contribution in [0.1, 0.15) is 83.4 Å². The first-order valence-electron chi connectivity index (χ1n) is 20.1. The highest BCUT2D eigenvalue weighted by molar-refractivity contribution is 5.90. The summed E-state index contributed by atoms with van der Waals surface area (Å²) in [6.45, 7) is 3.75. The molecule has 0 radical (unpaired) electrons. The average molecular weight is 812 g/mol. The Kier molecular flexibility index (Phi) is 11.7. The molecule has 62 heavy (non-hydrogen) atoms. The summed E-state index contributed by atoms with van der Waals surface area (Å²) in [4.78, 5) is 26.3. The van der Waals surface area contributed by atoms with Crippen LogP contribution in [-0.2, 0) is 19.6 Å². The molecule has 0 spiro atoms. The van der Waals surface area contributed by atoms with E-state index in [0.717, 1.165) is 55.6 Å². The Bertz CT molecular complexity index is 2700. The van der Waals surface area contributed by atoms with Gasteiger partial charge >= 0.3 is 11.9 Å². The van der Waals surface area contributed by atoms with Gasteiger partial charge in [-0.05, 0) is 96.8 Å². The van der Waals surface area contributed by atoms with E-state index < -0.39 is 35.8 Å². The summed E-state index contributed by atoms with van der Waals surface area (Å²) >= 11 is 0. The number of benzene rings is 6. The lowest BCUT2D eigenvalue weighted by Gasteiger charge is -2.37. The Morgan fingerprint density at radius 3 is 1.53 bits per heavy atom. The molecule has 1 aromatic heterocycles. The quantitative estimate of drug-likeness (QED) is 0.0731. The number of aryl methyl sites for hydroxylation is 2. The standard InChI is InChI=1S/C54H41N3O5/c1-6-38-13-25-44(26-14-38)54(45-27-15-39(7-2)16-28-45,46-29-17-40(8-3)18-30-46)47-31-23-41(24-32-47)48-34-57(56-55-48)51-33-49(62-53(59)43-21-11-37(5)12-22-43)50(61-51)35-60-52(58)42-19-9-36(4)10-20-42/h1-3,9-32,34,49-51H,33,35H2,4-5H3/t49-,50-,51-/m1/s1. The molecule has 2 heterocycles. The Balaban J connectivity index is 1.10. The molecule has 6 aromatic carbocycles. The van der Waals surface area contributed by atoms with E-state index in [1.807, 2.05) is 86.6 Å². The van der Waals surface area contributed by atoms with Crippen molar-refractivity contribution in [2.45, 2.75) is 44.1 Å². The van der Waals surface area contributed by atoms with Gasteiger partial charge in [-0.3, -0.25) is 0 Å². The van der Waals surface area contributed by atoms with E-state index in [0.29, 0.717) is 16.8 Å². The molecule has 0 N–H and O–H groups in total. The van der Waals surface area contributed by atoms with Gasteiger partial charge in [0.15, 0.2) is 6.23 Å². The van der Waals surface area contributed by atoms with E-state index in [1.54, 1.807) is 35.1 Å². The lowest BCUT2D eigenvalue weighted by atomic mass is 9.65. The number of carbonyl (C=O) groups excluding carboxylic acids is 2. The van der Waals surface area contributed by atoms with Crippen molar-refractivity contribution in [3.63, 3.8) is 0 Å². The fourth-order valence-electron chi connectivity index (χ4n) is 7.85. The van der Waals surface area contributed by atoms with Gasteiger partial charge in [-0.15, -0.1) is 24.4 Å². The van der Waals surface area contributed by atoms with E-state index in [4.69, 9.17) is 33.5 Å². The van der Waals surface area contributed by atoms with Crippen LogP contribution in [0.3, 0.4) is 0 Å². The number of carbonyl (C=O) groups is 2. The average Bonchev–Trinajstić information content (AvgIpc) is 3.97.